The fourth-order valence-electron chi connectivity index (χ4n) is 3.60. The van der Waals surface area contributed by atoms with Crippen LogP contribution < -0.4 is 14.8 Å². The number of methoxy groups -OCH3 is 1. The van der Waals surface area contributed by atoms with Crippen molar-refractivity contribution in [3.8, 4) is 11.5 Å². The predicted molar refractivity (Wildman–Crippen MR) is 98.8 cm³/mol. The number of nitrogens with one attached hydrogen (secondary N) is 1. The van der Waals surface area contributed by atoms with Crippen molar-refractivity contribution < 1.29 is 23.8 Å². The monoisotopic (exact) mass is 367 g/mol. The van der Waals surface area contributed by atoms with Crippen LogP contribution in [0.5, 0.6) is 11.5 Å². The molecule has 1 spiro atoms. The molecule has 0 bridgehead atoms. The maximum atomic E-state index is 12.7. The first kappa shape index (κ1) is 17.4. The number of hydrogen-bond acceptors (Lipinski definition) is 5. The van der Waals surface area contributed by atoms with Crippen molar-refractivity contribution in [3.05, 3.63) is 54.1 Å². The summed E-state index contributed by atoms with van der Waals surface area (Å²) in [5.74, 6) is 0.813. The van der Waals surface area contributed by atoms with E-state index in [2.05, 4.69) is 5.32 Å². The van der Waals surface area contributed by atoms with Crippen molar-refractivity contribution in [2.45, 2.75) is 24.9 Å². The van der Waals surface area contributed by atoms with E-state index in [0.717, 1.165) is 12.0 Å². The lowest BCUT2D eigenvalue weighted by Gasteiger charge is -2.49. The van der Waals surface area contributed by atoms with E-state index in [-0.39, 0.29) is 24.2 Å². The Bertz CT molecular complexity index is 880. The average molecular weight is 367 g/mol. The highest BCUT2D eigenvalue weighted by molar-refractivity contribution is 6.01. The second-order valence-electron chi connectivity index (χ2n) is 6.85. The van der Waals surface area contributed by atoms with Gasteiger partial charge in [0.25, 0.3) is 5.91 Å². The van der Waals surface area contributed by atoms with Gasteiger partial charge in [0.2, 0.25) is 0 Å². The van der Waals surface area contributed by atoms with Gasteiger partial charge in [0.1, 0.15) is 11.5 Å². The van der Waals surface area contributed by atoms with Gasteiger partial charge in [0.15, 0.2) is 5.60 Å². The molecular weight excluding hydrogens is 346 g/mol. The zero-order valence-corrected chi connectivity index (χ0v) is 15.1. The van der Waals surface area contributed by atoms with Crippen LogP contribution in [0.15, 0.2) is 48.5 Å². The molecule has 1 heterocycles. The number of carbonyl (C=O) groups excluding carboxylic acids is 2. The SMILES string of the molecule is COC(=O)Cc1ccccc1OCC1CCC12Oc1ccccc1NC2=O. The number of benzene rings is 2. The van der Waals surface area contributed by atoms with Gasteiger partial charge in [0.05, 0.1) is 25.8 Å². The van der Waals surface area contributed by atoms with Crippen molar-refractivity contribution in [1.29, 1.82) is 0 Å². The summed E-state index contributed by atoms with van der Waals surface area (Å²) >= 11 is 0. The lowest BCUT2D eigenvalue weighted by Crippen LogP contribution is -2.63. The Morgan fingerprint density at radius 3 is 2.78 bits per heavy atom. The number of fused-ring (bicyclic) bond motifs is 1. The first-order valence-corrected chi connectivity index (χ1v) is 8.99. The van der Waals surface area contributed by atoms with Crippen molar-refractivity contribution in [2.75, 3.05) is 19.0 Å². The van der Waals surface area contributed by atoms with Crippen LogP contribution >= 0.6 is 0 Å². The van der Waals surface area contributed by atoms with Crippen molar-refractivity contribution in [1.82, 2.24) is 0 Å². The van der Waals surface area contributed by atoms with E-state index in [1.54, 1.807) is 0 Å². The van der Waals surface area contributed by atoms with Crippen LogP contribution in [-0.2, 0) is 20.7 Å². The molecule has 140 valence electrons. The minimum absolute atomic E-state index is 0.0583. The highest BCUT2D eigenvalue weighted by Gasteiger charge is 2.57. The molecule has 0 saturated heterocycles. The Hall–Kier alpha value is -3.02. The summed E-state index contributed by atoms with van der Waals surface area (Å²) in [5.41, 5.74) is 0.575. The standard InChI is InChI=1S/C21H21NO5/c1-25-19(23)12-14-6-2-4-8-17(14)26-13-15-10-11-21(15)20(24)22-16-7-3-5-9-18(16)27-21/h2-9,15H,10-13H2,1H3,(H,22,24). The molecule has 2 atom stereocenters. The summed E-state index contributed by atoms with van der Waals surface area (Å²) in [7, 11) is 1.36. The molecule has 2 aliphatic rings. The average Bonchev–Trinajstić information content (AvgIpc) is 2.67. The van der Waals surface area contributed by atoms with Gasteiger partial charge in [-0.1, -0.05) is 30.3 Å². The molecule has 6 heteroatoms. The maximum Gasteiger partial charge on any atom is 0.310 e. The van der Waals surface area contributed by atoms with Gasteiger partial charge >= 0.3 is 5.97 Å². The Morgan fingerprint density at radius 1 is 1.22 bits per heavy atom. The van der Waals surface area contributed by atoms with Crippen LogP contribution in [0.25, 0.3) is 0 Å². The summed E-state index contributed by atoms with van der Waals surface area (Å²) < 4.78 is 16.8. The molecule has 2 unspecified atom stereocenters. The molecule has 0 aromatic heterocycles. The van der Waals surface area contributed by atoms with E-state index >= 15 is 0 Å². The molecule has 2 aromatic rings. The summed E-state index contributed by atoms with van der Waals surface area (Å²) in [6.07, 6.45) is 1.65. The van der Waals surface area contributed by atoms with Crippen molar-refractivity contribution in [2.24, 2.45) is 5.92 Å². The minimum Gasteiger partial charge on any atom is -0.493 e. The van der Waals surface area contributed by atoms with Gasteiger partial charge in [-0.2, -0.15) is 0 Å². The topological polar surface area (TPSA) is 73.9 Å². The third-order valence-electron chi connectivity index (χ3n) is 5.31. The van der Waals surface area contributed by atoms with Crippen LogP contribution in [0.4, 0.5) is 5.69 Å². The number of amides is 1. The summed E-state index contributed by atoms with van der Waals surface area (Å²) in [6, 6.07) is 14.8. The Morgan fingerprint density at radius 2 is 2.00 bits per heavy atom. The zero-order valence-electron chi connectivity index (χ0n) is 15.1. The molecule has 0 radical (unpaired) electrons. The van der Waals surface area contributed by atoms with Gasteiger partial charge in [-0.25, -0.2) is 0 Å². The van der Waals surface area contributed by atoms with E-state index < -0.39 is 5.60 Å². The molecule has 1 aliphatic heterocycles. The first-order chi connectivity index (χ1) is 13.1. The largest absolute Gasteiger partial charge is 0.493 e. The second kappa shape index (κ2) is 6.95. The third kappa shape index (κ3) is 3.12. The maximum absolute atomic E-state index is 12.7. The number of rotatable bonds is 5. The van der Waals surface area contributed by atoms with Crippen molar-refractivity contribution >= 4 is 17.6 Å². The fourth-order valence-corrected chi connectivity index (χ4v) is 3.60. The van der Waals surface area contributed by atoms with E-state index in [0.29, 0.717) is 30.2 Å². The summed E-state index contributed by atoms with van der Waals surface area (Å²) in [6.45, 7) is 0.341. The van der Waals surface area contributed by atoms with E-state index in [9.17, 15) is 9.59 Å². The van der Waals surface area contributed by atoms with Crippen molar-refractivity contribution in [3.63, 3.8) is 0 Å². The van der Waals surface area contributed by atoms with Gasteiger partial charge in [-0.3, -0.25) is 9.59 Å². The quantitative estimate of drug-likeness (QED) is 0.823. The Labute approximate surface area is 157 Å². The first-order valence-electron chi connectivity index (χ1n) is 8.99. The molecule has 1 N–H and O–H groups in total. The summed E-state index contributed by atoms with van der Waals surface area (Å²) in [5, 5.41) is 2.95. The lowest BCUT2D eigenvalue weighted by atomic mass is 9.68. The number of hydrogen-bond donors (Lipinski definition) is 1. The number of carbonyl (C=O) groups is 2. The van der Waals surface area contributed by atoms with E-state index in [1.807, 2.05) is 48.5 Å². The molecule has 27 heavy (non-hydrogen) atoms. The van der Waals surface area contributed by atoms with Gasteiger partial charge in [-0.05, 0) is 31.0 Å². The van der Waals surface area contributed by atoms with Crippen LogP contribution in [0.2, 0.25) is 0 Å². The highest BCUT2D eigenvalue weighted by atomic mass is 16.5. The number of anilines is 1. The van der Waals surface area contributed by atoms with Crippen LogP contribution in [0.3, 0.4) is 0 Å². The van der Waals surface area contributed by atoms with Gasteiger partial charge in [-0.15, -0.1) is 0 Å². The number of esters is 1. The number of ether oxygens (including phenoxy) is 3. The predicted octanol–water partition coefficient (Wildman–Crippen LogP) is 2.96. The van der Waals surface area contributed by atoms with Crippen LogP contribution in [0, 0.1) is 5.92 Å². The van der Waals surface area contributed by atoms with Gasteiger partial charge in [0, 0.05) is 11.5 Å². The van der Waals surface area contributed by atoms with Gasteiger partial charge < -0.3 is 19.5 Å². The smallest absolute Gasteiger partial charge is 0.310 e. The Balaban J connectivity index is 1.47. The van der Waals surface area contributed by atoms with E-state index in [4.69, 9.17) is 14.2 Å². The molecule has 2 aromatic carbocycles. The fraction of sp³-hybridized carbons (Fsp3) is 0.333. The molecule has 1 fully saturated rings. The minimum atomic E-state index is -0.883. The molecule has 4 rings (SSSR count). The molecule has 1 saturated carbocycles. The lowest BCUT2D eigenvalue weighted by molar-refractivity contribution is -0.153. The normalized spacial score (nSPS) is 22.9. The third-order valence-corrected chi connectivity index (χ3v) is 5.31. The molecule has 1 amide bonds. The number of para-hydroxylation sites is 3. The molecule has 6 nitrogen and oxygen atoms in total. The highest BCUT2D eigenvalue weighted by Crippen LogP contribution is 2.47. The molecular formula is C21H21NO5. The summed E-state index contributed by atoms with van der Waals surface area (Å²) in [4.78, 5) is 24.3. The zero-order chi connectivity index (χ0) is 18.9. The van der Waals surface area contributed by atoms with Crippen LogP contribution in [-0.4, -0.2) is 31.2 Å². The Kier molecular flexibility index (Phi) is 4.48. The van der Waals surface area contributed by atoms with E-state index in [1.165, 1.54) is 7.11 Å². The van der Waals surface area contributed by atoms with Crippen LogP contribution in [0.1, 0.15) is 18.4 Å². The molecule has 1 aliphatic carbocycles. The second-order valence-corrected chi connectivity index (χ2v) is 6.85.